The maximum absolute atomic E-state index is 11.5. The van der Waals surface area contributed by atoms with Crippen molar-refractivity contribution in [1.82, 2.24) is 0 Å². The lowest BCUT2D eigenvalue weighted by Gasteiger charge is -2.14. The molecule has 0 saturated heterocycles. The third-order valence-corrected chi connectivity index (χ3v) is 2.88. The van der Waals surface area contributed by atoms with Crippen LogP contribution in [-0.4, -0.2) is 11.8 Å². The molecule has 0 unspecified atom stereocenters. The van der Waals surface area contributed by atoms with E-state index in [0.29, 0.717) is 11.4 Å². The fourth-order valence-electron chi connectivity index (χ4n) is 1.94. The van der Waals surface area contributed by atoms with Gasteiger partial charge in [-0.05, 0) is 36.4 Å². The third-order valence-electron chi connectivity index (χ3n) is 2.88. The van der Waals surface area contributed by atoms with Crippen LogP contribution in [0.2, 0.25) is 0 Å². The summed E-state index contributed by atoms with van der Waals surface area (Å²) >= 11 is 0. The van der Waals surface area contributed by atoms with E-state index < -0.39 is 0 Å². The molecule has 2 aromatic carbocycles. The molecule has 1 heterocycles. The first-order chi connectivity index (χ1) is 9.74. The lowest BCUT2D eigenvalue weighted by Crippen LogP contribution is -2.29. The smallest absolute Gasteiger partial charge is 0.258 e. The van der Waals surface area contributed by atoms with Crippen molar-refractivity contribution in [1.29, 1.82) is 0 Å². The van der Waals surface area contributed by atoms with E-state index in [1.165, 1.54) is 12.2 Å². The zero-order valence-electron chi connectivity index (χ0n) is 10.5. The van der Waals surface area contributed by atoms with Gasteiger partial charge in [-0.25, -0.2) is 4.90 Å². The number of benzene rings is 2. The Bertz CT molecular complexity index is 657. The van der Waals surface area contributed by atoms with Crippen LogP contribution in [0.5, 0.6) is 11.5 Å². The quantitative estimate of drug-likeness (QED) is 0.802. The Labute approximate surface area is 115 Å². The lowest BCUT2D eigenvalue weighted by molar-refractivity contribution is -0.119. The van der Waals surface area contributed by atoms with E-state index in [1.807, 2.05) is 30.3 Å². The average Bonchev–Trinajstić information content (AvgIpc) is 2.81. The standard InChI is InChI=1S/C16H11NO3/c18-15-10-11-16(19)17(15)12-6-8-14(9-7-12)20-13-4-2-1-3-5-13/h1-11H. The Hall–Kier alpha value is -2.88. The van der Waals surface area contributed by atoms with Crippen molar-refractivity contribution < 1.29 is 14.3 Å². The van der Waals surface area contributed by atoms with Crippen LogP contribution in [0.1, 0.15) is 0 Å². The lowest BCUT2D eigenvalue weighted by atomic mass is 10.2. The van der Waals surface area contributed by atoms with Gasteiger partial charge in [0.05, 0.1) is 5.69 Å². The van der Waals surface area contributed by atoms with Gasteiger partial charge in [0.2, 0.25) is 0 Å². The van der Waals surface area contributed by atoms with Crippen LogP contribution in [0.3, 0.4) is 0 Å². The first kappa shape index (κ1) is 12.2. The van der Waals surface area contributed by atoms with Crippen molar-refractivity contribution in [3.05, 3.63) is 66.7 Å². The Morgan fingerprint density at radius 3 is 1.85 bits per heavy atom. The van der Waals surface area contributed by atoms with E-state index in [4.69, 9.17) is 4.74 Å². The van der Waals surface area contributed by atoms with Crippen molar-refractivity contribution >= 4 is 17.5 Å². The highest BCUT2D eigenvalue weighted by atomic mass is 16.5. The van der Waals surface area contributed by atoms with Crippen molar-refractivity contribution in [2.45, 2.75) is 0 Å². The Kier molecular flexibility index (Phi) is 3.05. The van der Waals surface area contributed by atoms with E-state index in [2.05, 4.69) is 0 Å². The largest absolute Gasteiger partial charge is 0.457 e. The Morgan fingerprint density at radius 2 is 1.25 bits per heavy atom. The molecule has 1 aliphatic rings. The van der Waals surface area contributed by atoms with Crippen LogP contribution >= 0.6 is 0 Å². The number of hydrogen-bond donors (Lipinski definition) is 0. The van der Waals surface area contributed by atoms with E-state index in [1.54, 1.807) is 24.3 Å². The summed E-state index contributed by atoms with van der Waals surface area (Å²) in [6.07, 6.45) is 2.52. The second-order valence-corrected chi connectivity index (χ2v) is 4.25. The average molecular weight is 265 g/mol. The fourth-order valence-corrected chi connectivity index (χ4v) is 1.94. The number of amides is 2. The highest BCUT2D eigenvalue weighted by Crippen LogP contribution is 2.25. The molecule has 0 fully saturated rings. The molecule has 1 aliphatic heterocycles. The summed E-state index contributed by atoms with van der Waals surface area (Å²) in [6, 6.07) is 16.2. The van der Waals surface area contributed by atoms with Gasteiger partial charge in [-0.3, -0.25) is 9.59 Å². The number of imide groups is 1. The molecule has 2 aromatic rings. The number of carbonyl (C=O) groups excluding carboxylic acids is 2. The molecular formula is C16H11NO3. The molecule has 0 aromatic heterocycles. The Morgan fingerprint density at radius 1 is 0.700 bits per heavy atom. The number of hydrogen-bond acceptors (Lipinski definition) is 3. The molecule has 0 saturated carbocycles. The molecule has 0 bridgehead atoms. The summed E-state index contributed by atoms with van der Waals surface area (Å²) in [7, 11) is 0. The third kappa shape index (κ3) is 2.31. The van der Waals surface area contributed by atoms with Crippen LogP contribution in [-0.2, 0) is 9.59 Å². The van der Waals surface area contributed by atoms with Gasteiger partial charge in [0.25, 0.3) is 11.8 Å². The molecule has 0 aliphatic carbocycles. The van der Waals surface area contributed by atoms with Gasteiger partial charge in [-0.2, -0.15) is 0 Å². The minimum absolute atomic E-state index is 0.327. The number of rotatable bonds is 3. The summed E-state index contributed by atoms with van der Waals surface area (Å²) in [4.78, 5) is 24.2. The minimum Gasteiger partial charge on any atom is -0.457 e. The normalized spacial score (nSPS) is 13.9. The van der Waals surface area contributed by atoms with Gasteiger partial charge in [0.15, 0.2) is 0 Å². The Balaban J connectivity index is 1.78. The fraction of sp³-hybridized carbons (Fsp3) is 0. The molecule has 3 rings (SSSR count). The van der Waals surface area contributed by atoms with Gasteiger partial charge in [0, 0.05) is 12.2 Å². The van der Waals surface area contributed by atoms with Gasteiger partial charge in [-0.1, -0.05) is 18.2 Å². The minimum atomic E-state index is -0.327. The van der Waals surface area contributed by atoms with Crippen molar-refractivity contribution in [2.75, 3.05) is 4.90 Å². The number of carbonyl (C=O) groups is 2. The van der Waals surface area contributed by atoms with Crippen molar-refractivity contribution in [2.24, 2.45) is 0 Å². The maximum Gasteiger partial charge on any atom is 0.258 e. The topological polar surface area (TPSA) is 46.6 Å². The SMILES string of the molecule is O=C1C=CC(=O)N1c1ccc(Oc2ccccc2)cc1. The predicted molar refractivity (Wildman–Crippen MR) is 74.6 cm³/mol. The van der Waals surface area contributed by atoms with E-state index in [0.717, 1.165) is 10.6 Å². The first-order valence-corrected chi connectivity index (χ1v) is 6.13. The zero-order chi connectivity index (χ0) is 13.9. The number of anilines is 1. The molecule has 20 heavy (non-hydrogen) atoms. The van der Waals surface area contributed by atoms with Crippen LogP contribution in [0.4, 0.5) is 5.69 Å². The van der Waals surface area contributed by atoms with E-state index >= 15 is 0 Å². The maximum atomic E-state index is 11.5. The number of para-hydroxylation sites is 1. The van der Waals surface area contributed by atoms with Gasteiger partial charge < -0.3 is 4.74 Å². The van der Waals surface area contributed by atoms with Crippen LogP contribution in [0, 0.1) is 0 Å². The van der Waals surface area contributed by atoms with Gasteiger partial charge >= 0.3 is 0 Å². The van der Waals surface area contributed by atoms with Gasteiger partial charge in [0.1, 0.15) is 11.5 Å². The second-order valence-electron chi connectivity index (χ2n) is 4.25. The number of nitrogens with zero attached hydrogens (tertiary/aromatic N) is 1. The first-order valence-electron chi connectivity index (χ1n) is 6.13. The molecule has 4 heteroatoms. The van der Waals surface area contributed by atoms with Crippen LogP contribution < -0.4 is 9.64 Å². The molecule has 0 radical (unpaired) electrons. The van der Waals surface area contributed by atoms with Crippen molar-refractivity contribution in [3.8, 4) is 11.5 Å². The zero-order valence-corrected chi connectivity index (χ0v) is 10.5. The highest BCUT2D eigenvalue weighted by Gasteiger charge is 2.24. The molecule has 2 amide bonds. The molecular weight excluding hydrogens is 254 g/mol. The summed E-state index contributed by atoms with van der Waals surface area (Å²) in [5.74, 6) is 0.723. The summed E-state index contributed by atoms with van der Waals surface area (Å²) in [5, 5.41) is 0. The molecule has 0 atom stereocenters. The number of ether oxygens (including phenoxy) is 1. The second kappa shape index (κ2) is 5.01. The summed E-state index contributed by atoms with van der Waals surface area (Å²) < 4.78 is 5.65. The molecule has 0 spiro atoms. The molecule has 4 nitrogen and oxygen atoms in total. The predicted octanol–water partition coefficient (Wildman–Crippen LogP) is 2.91. The van der Waals surface area contributed by atoms with Crippen LogP contribution in [0.25, 0.3) is 0 Å². The van der Waals surface area contributed by atoms with Gasteiger partial charge in [-0.15, -0.1) is 0 Å². The summed E-state index contributed by atoms with van der Waals surface area (Å²) in [6.45, 7) is 0. The highest BCUT2D eigenvalue weighted by molar-refractivity contribution is 6.28. The van der Waals surface area contributed by atoms with Crippen molar-refractivity contribution in [3.63, 3.8) is 0 Å². The van der Waals surface area contributed by atoms with E-state index in [9.17, 15) is 9.59 Å². The van der Waals surface area contributed by atoms with Crippen LogP contribution in [0.15, 0.2) is 66.7 Å². The monoisotopic (exact) mass is 265 g/mol. The molecule has 0 N–H and O–H groups in total. The molecule has 98 valence electrons. The summed E-state index contributed by atoms with van der Waals surface area (Å²) in [5.41, 5.74) is 0.533. The van der Waals surface area contributed by atoms with E-state index in [-0.39, 0.29) is 11.8 Å².